The van der Waals surface area contributed by atoms with E-state index in [1.165, 1.54) is 16.6 Å². The molecular formula is C18H22N4. The van der Waals surface area contributed by atoms with E-state index >= 15 is 0 Å². The molecule has 0 aliphatic heterocycles. The molecule has 0 radical (unpaired) electrons. The van der Waals surface area contributed by atoms with Crippen molar-refractivity contribution in [1.82, 2.24) is 14.8 Å². The van der Waals surface area contributed by atoms with E-state index in [2.05, 4.69) is 58.2 Å². The third-order valence-corrected chi connectivity index (χ3v) is 3.86. The molecule has 0 bridgehead atoms. The second-order valence-electron chi connectivity index (χ2n) is 5.81. The predicted molar refractivity (Wildman–Crippen MR) is 91.3 cm³/mol. The van der Waals surface area contributed by atoms with Crippen LogP contribution < -0.4 is 5.32 Å². The molecule has 3 rings (SSSR count). The lowest BCUT2D eigenvalue weighted by Crippen LogP contribution is -2.09. The monoisotopic (exact) mass is 294 g/mol. The third-order valence-electron chi connectivity index (χ3n) is 3.86. The van der Waals surface area contributed by atoms with Crippen LogP contribution in [0.5, 0.6) is 0 Å². The maximum Gasteiger partial charge on any atom is 0.0722 e. The van der Waals surface area contributed by atoms with E-state index in [1.54, 1.807) is 0 Å². The first kappa shape index (κ1) is 14.6. The highest BCUT2D eigenvalue weighted by molar-refractivity contribution is 5.91. The molecule has 0 amide bonds. The van der Waals surface area contributed by atoms with Crippen molar-refractivity contribution in [2.75, 3.05) is 11.9 Å². The van der Waals surface area contributed by atoms with Gasteiger partial charge in [-0.1, -0.05) is 11.6 Å². The summed E-state index contributed by atoms with van der Waals surface area (Å²) in [6, 6.07) is 10.5. The zero-order valence-electron chi connectivity index (χ0n) is 13.4. The van der Waals surface area contributed by atoms with Crippen LogP contribution in [-0.4, -0.2) is 21.3 Å². The van der Waals surface area contributed by atoms with Crippen LogP contribution >= 0.6 is 0 Å². The zero-order valence-corrected chi connectivity index (χ0v) is 13.4. The Hall–Kier alpha value is -2.36. The molecule has 0 fully saturated rings. The van der Waals surface area contributed by atoms with Gasteiger partial charge in [0, 0.05) is 36.1 Å². The summed E-state index contributed by atoms with van der Waals surface area (Å²) < 4.78 is 2.08. The fraction of sp³-hybridized carbons (Fsp3) is 0.333. The lowest BCUT2D eigenvalue weighted by Gasteiger charge is -2.10. The molecule has 4 heteroatoms. The van der Waals surface area contributed by atoms with Crippen LogP contribution in [-0.2, 0) is 6.54 Å². The number of benzene rings is 1. The number of aromatic nitrogens is 3. The Morgan fingerprint density at radius 2 is 1.95 bits per heavy atom. The molecule has 0 atom stereocenters. The Balaban J connectivity index is 1.64. The van der Waals surface area contributed by atoms with Crippen LogP contribution in [0.1, 0.15) is 23.4 Å². The Morgan fingerprint density at radius 1 is 1.09 bits per heavy atom. The summed E-state index contributed by atoms with van der Waals surface area (Å²) in [6.45, 7) is 8.11. The quantitative estimate of drug-likeness (QED) is 0.727. The summed E-state index contributed by atoms with van der Waals surface area (Å²) >= 11 is 0. The number of pyridine rings is 1. The SMILES string of the molecule is Cc1ccc2nccc(NCCCn3nc(C)cc3C)c2c1. The van der Waals surface area contributed by atoms with E-state index in [0.29, 0.717) is 0 Å². The molecule has 4 nitrogen and oxygen atoms in total. The van der Waals surface area contributed by atoms with Crippen molar-refractivity contribution in [2.24, 2.45) is 0 Å². The highest BCUT2D eigenvalue weighted by Gasteiger charge is 2.03. The summed E-state index contributed by atoms with van der Waals surface area (Å²) in [5.41, 5.74) is 5.76. The molecule has 0 unspecified atom stereocenters. The largest absolute Gasteiger partial charge is 0.384 e. The Morgan fingerprint density at radius 3 is 2.73 bits per heavy atom. The Labute approximate surface area is 131 Å². The van der Waals surface area contributed by atoms with Gasteiger partial charge >= 0.3 is 0 Å². The highest BCUT2D eigenvalue weighted by atomic mass is 15.3. The normalized spacial score (nSPS) is 11.0. The molecule has 1 aromatic carbocycles. The zero-order chi connectivity index (χ0) is 15.5. The molecule has 3 aromatic rings. The Bertz CT molecular complexity index is 789. The first-order valence-corrected chi connectivity index (χ1v) is 7.74. The number of anilines is 1. The van der Waals surface area contributed by atoms with E-state index in [0.717, 1.165) is 36.4 Å². The molecule has 0 aliphatic carbocycles. The minimum atomic E-state index is 0.922. The first-order valence-electron chi connectivity index (χ1n) is 7.74. The molecular weight excluding hydrogens is 272 g/mol. The van der Waals surface area contributed by atoms with Crippen molar-refractivity contribution in [3.8, 4) is 0 Å². The second-order valence-corrected chi connectivity index (χ2v) is 5.81. The minimum absolute atomic E-state index is 0.922. The number of nitrogens with zero attached hydrogens (tertiary/aromatic N) is 3. The maximum absolute atomic E-state index is 4.50. The second kappa shape index (κ2) is 6.18. The van der Waals surface area contributed by atoms with Gasteiger partial charge < -0.3 is 5.32 Å². The number of fused-ring (bicyclic) bond motifs is 1. The topological polar surface area (TPSA) is 42.7 Å². The fourth-order valence-electron chi connectivity index (χ4n) is 2.77. The molecule has 0 aliphatic rings. The van der Waals surface area contributed by atoms with Crippen molar-refractivity contribution < 1.29 is 0 Å². The van der Waals surface area contributed by atoms with Crippen molar-refractivity contribution in [3.63, 3.8) is 0 Å². The van der Waals surface area contributed by atoms with Crippen LogP contribution in [0, 0.1) is 20.8 Å². The highest BCUT2D eigenvalue weighted by Crippen LogP contribution is 2.22. The van der Waals surface area contributed by atoms with Crippen LogP contribution in [0.2, 0.25) is 0 Å². The van der Waals surface area contributed by atoms with Crippen molar-refractivity contribution in [2.45, 2.75) is 33.7 Å². The van der Waals surface area contributed by atoms with Gasteiger partial charge in [-0.2, -0.15) is 5.10 Å². The number of aryl methyl sites for hydroxylation is 4. The van der Waals surface area contributed by atoms with Gasteiger partial charge in [-0.15, -0.1) is 0 Å². The van der Waals surface area contributed by atoms with Gasteiger partial charge in [0.1, 0.15) is 0 Å². The van der Waals surface area contributed by atoms with Crippen LogP contribution in [0.3, 0.4) is 0 Å². The summed E-state index contributed by atoms with van der Waals surface area (Å²) in [7, 11) is 0. The van der Waals surface area contributed by atoms with Gasteiger partial charge in [-0.25, -0.2) is 0 Å². The molecule has 22 heavy (non-hydrogen) atoms. The van der Waals surface area contributed by atoms with Crippen LogP contribution in [0.4, 0.5) is 5.69 Å². The molecule has 0 saturated carbocycles. The standard InChI is InChI=1S/C18H22N4/c1-13-5-6-17-16(11-13)18(7-9-20-17)19-8-4-10-22-15(3)12-14(2)21-22/h5-7,9,11-12H,4,8,10H2,1-3H3,(H,19,20). The summed E-state index contributed by atoms with van der Waals surface area (Å²) in [4.78, 5) is 4.42. The smallest absolute Gasteiger partial charge is 0.0722 e. The summed E-state index contributed by atoms with van der Waals surface area (Å²) in [6.07, 6.45) is 2.90. The van der Waals surface area contributed by atoms with Crippen LogP contribution in [0.25, 0.3) is 10.9 Å². The van der Waals surface area contributed by atoms with Gasteiger partial charge in [0.15, 0.2) is 0 Å². The Kier molecular flexibility index (Phi) is 4.09. The van der Waals surface area contributed by atoms with Gasteiger partial charge in [-0.3, -0.25) is 9.67 Å². The molecule has 1 N–H and O–H groups in total. The molecule has 0 saturated heterocycles. The number of nitrogens with one attached hydrogen (secondary N) is 1. The number of hydrogen-bond acceptors (Lipinski definition) is 3. The minimum Gasteiger partial charge on any atom is -0.384 e. The average Bonchev–Trinajstić information content (AvgIpc) is 2.82. The van der Waals surface area contributed by atoms with E-state index in [4.69, 9.17) is 0 Å². The third kappa shape index (κ3) is 3.11. The van der Waals surface area contributed by atoms with E-state index in [9.17, 15) is 0 Å². The lowest BCUT2D eigenvalue weighted by molar-refractivity contribution is 0.574. The number of rotatable bonds is 5. The van der Waals surface area contributed by atoms with Crippen molar-refractivity contribution in [3.05, 3.63) is 53.5 Å². The summed E-state index contributed by atoms with van der Waals surface area (Å²) in [5, 5.41) is 9.21. The summed E-state index contributed by atoms with van der Waals surface area (Å²) in [5.74, 6) is 0. The van der Waals surface area contributed by atoms with Gasteiger partial charge in [-0.05, 0) is 51.5 Å². The van der Waals surface area contributed by atoms with Gasteiger partial charge in [0.2, 0.25) is 0 Å². The van der Waals surface area contributed by atoms with Crippen molar-refractivity contribution >= 4 is 16.6 Å². The molecule has 2 heterocycles. The van der Waals surface area contributed by atoms with E-state index < -0.39 is 0 Å². The lowest BCUT2D eigenvalue weighted by atomic mass is 10.1. The fourth-order valence-corrected chi connectivity index (χ4v) is 2.77. The number of hydrogen-bond donors (Lipinski definition) is 1. The molecule has 0 spiro atoms. The maximum atomic E-state index is 4.50. The van der Waals surface area contributed by atoms with E-state index in [1.807, 2.05) is 19.2 Å². The first-order chi connectivity index (χ1) is 10.6. The predicted octanol–water partition coefficient (Wildman–Crippen LogP) is 3.86. The van der Waals surface area contributed by atoms with Crippen LogP contribution in [0.15, 0.2) is 36.5 Å². The average molecular weight is 294 g/mol. The van der Waals surface area contributed by atoms with Gasteiger partial charge in [0.25, 0.3) is 0 Å². The van der Waals surface area contributed by atoms with Crippen molar-refractivity contribution in [1.29, 1.82) is 0 Å². The molecule has 114 valence electrons. The molecule has 2 aromatic heterocycles. The van der Waals surface area contributed by atoms with Gasteiger partial charge in [0.05, 0.1) is 11.2 Å². The van der Waals surface area contributed by atoms with E-state index in [-0.39, 0.29) is 0 Å².